The number of rotatable bonds is 5. The number of halogens is 2. The van der Waals surface area contributed by atoms with Crippen molar-refractivity contribution < 1.29 is 14.3 Å². The van der Waals surface area contributed by atoms with E-state index in [9.17, 15) is 4.39 Å². The van der Waals surface area contributed by atoms with Gasteiger partial charge in [-0.25, -0.2) is 4.39 Å². The van der Waals surface area contributed by atoms with Crippen LogP contribution in [0.1, 0.15) is 16.7 Å². The second kappa shape index (κ2) is 7.06. The van der Waals surface area contributed by atoms with E-state index in [0.29, 0.717) is 17.2 Å². The number of hydrogen-bond acceptors (Lipinski definition) is 3. The molecule has 0 spiro atoms. The van der Waals surface area contributed by atoms with Gasteiger partial charge in [0.05, 0.1) is 18.8 Å². The van der Waals surface area contributed by atoms with Gasteiger partial charge in [-0.2, -0.15) is 0 Å². The standard InChI is InChI=1S/C15H14ClFN2O2/c16-12-5-1-3-10(7-12)8-21-9-11-4-2-6-13(14(11)17)15(18)19-20/h1-7,20H,8-9H2,(H2,18,19). The first kappa shape index (κ1) is 15.3. The van der Waals surface area contributed by atoms with E-state index in [1.54, 1.807) is 24.3 Å². The van der Waals surface area contributed by atoms with Crippen LogP contribution in [-0.4, -0.2) is 11.0 Å². The van der Waals surface area contributed by atoms with Crippen molar-refractivity contribution in [3.8, 4) is 0 Å². The predicted octanol–water partition coefficient (Wildman–Crippen LogP) is 3.29. The molecule has 0 amide bonds. The Hall–Kier alpha value is -2.11. The molecular formula is C15H14ClFN2O2. The highest BCUT2D eigenvalue weighted by atomic mass is 35.5. The van der Waals surface area contributed by atoms with E-state index in [4.69, 9.17) is 27.3 Å². The second-order valence-corrected chi connectivity index (χ2v) is 4.82. The zero-order valence-electron chi connectivity index (χ0n) is 11.1. The van der Waals surface area contributed by atoms with Crippen molar-refractivity contribution in [2.45, 2.75) is 13.2 Å². The summed E-state index contributed by atoms with van der Waals surface area (Å²) >= 11 is 5.87. The Morgan fingerprint density at radius 1 is 1.24 bits per heavy atom. The number of oxime groups is 1. The van der Waals surface area contributed by atoms with Gasteiger partial charge in [0.2, 0.25) is 0 Å². The maximum Gasteiger partial charge on any atom is 0.173 e. The molecule has 0 aromatic heterocycles. The van der Waals surface area contributed by atoms with Crippen molar-refractivity contribution in [3.05, 3.63) is 70.0 Å². The van der Waals surface area contributed by atoms with Gasteiger partial charge in [0.1, 0.15) is 5.82 Å². The molecule has 0 heterocycles. The van der Waals surface area contributed by atoms with Gasteiger partial charge in [-0.1, -0.05) is 41.0 Å². The SMILES string of the molecule is N/C(=N/O)c1cccc(COCc2cccc(Cl)c2)c1F. The Kier molecular flexibility index (Phi) is 5.14. The van der Waals surface area contributed by atoms with Gasteiger partial charge in [-0.15, -0.1) is 0 Å². The molecule has 0 atom stereocenters. The van der Waals surface area contributed by atoms with Gasteiger partial charge in [0.15, 0.2) is 5.84 Å². The lowest BCUT2D eigenvalue weighted by molar-refractivity contribution is 0.105. The van der Waals surface area contributed by atoms with Gasteiger partial charge in [0.25, 0.3) is 0 Å². The summed E-state index contributed by atoms with van der Waals surface area (Å²) in [5, 5.41) is 12.0. The molecule has 0 aliphatic heterocycles. The minimum atomic E-state index is -0.557. The maximum absolute atomic E-state index is 14.1. The number of amidine groups is 1. The highest BCUT2D eigenvalue weighted by molar-refractivity contribution is 6.30. The molecule has 110 valence electrons. The topological polar surface area (TPSA) is 67.8 Å². The largest absolute Gasteiger partial charge is 0.409 e. The number of nitrogens with two attached hydrogens (primary N) is 1. The smallest absolute Gasteiger partial charge is 0.173 e. The fraction of sp³-hybridized carbons (Fsp3) is 0.133. The summed E-state index contributed by atoms with van der Waals surface area (Å²) in [5.74, 6) is -0.830. The first-order valence-corrected chi connectivity index (χ1v) is 6.57. The zero-order valence-corrected chi connectivity index (χ0v) is 11.8. The molecule has 4 nitrogen and oxygen atoms in total. The normalized spacial score (nSPS) is 11.6. The van der Waals surface area contributed by atoms with Crippen LogP contribution in [0, 0.1) is 5.82 Å². The number of nitrogens with zero attached hydrogens (tertiary/aromatic N) is 1. The van der Waals surface area contributed by atoms with Crippen molar-refractivity contribution in [3.63, 3.8) is 0 Å². The molecule has 2 aromatic carbocycles. The third-order valence-corrected chi connectivity index (χ3v) is 3.11. The highest BCUT2D eigenvalue weighted by Crippen LogP contribution is 2.16. The molecule has 0 radical (unpaired) electrons. The fourth-order valence-electron chi connectivity index (χ4n) is 1.85. The monoisotopic (exact) mass is 308 g/mol. The third kappa shape index (κ3) is 3.93. The van der Waals surface area contributed by atoms with Crippen molar-refractivity contribution in [1.29, 1.82) is 0 Å². The van der Waals surface area contributed by atoms with Crippen molar-refractivity contribution in [2.24, 2.45) is 10.9 Å². The molecule has 2 rings (SSSR count). The van der Waals surface area contributed by atoms with Crippen molar-refractivity contribution >= 4 is 17.4 Å². The van der Waals surface area contributed by atoms with Crippen LogP contribution in [0.15, 0.2) is 47.6 Å². The number of hydrogen-bond donors (Lipinski definition) is 2. The summed E-state index contributed by atoms with van der Waals surface area (Å²) in [6.45, 7) is 0.388. The Labute approximate surface area is 126 Å². The molecule has 21 heavy (non-hydrogen) atoms. The quantitative estimate of drug-likeness (QED) is 0.385. The molecule has 0 saturated heterocycles. The van der Waals surface area contributed by atoms with Crippen LogP contribution in [-0.2, 0) is 18.0 Å². The highest BCUT2D eigenvalue weighted by Gasteiger charge is 2.11. The molecule has 3 N–H and O–H groups in total. The molecule has 0 bridgehead atoms. The van der Waals surface area contributed by atoms with E-state index >= 15 is 0 Å². The molecule has 6 heteroatoms. The van der Waals surface area contributed by atoms with E-state index in [1.807, 2.05) is 12.1 Å². The lowest BCUT2D eigenvalue weighted by atomic mass is 10.1. The van der Waals surface area contributed by atoms with Crippen LogP contribution in [0.5, 0.6) is 0 Å². The van der Waals surface area contributed by atoms with Gasteiger partial charge >= 0.3 is 0 Å². The summed E-state index contributed by atoms with van der Waals surface area (Å²) in [4.78, 5) is 0. The predicted molar refractivity (Wildman–Crippen MR) is 78.9 cm³/mol. The van der Waals surface area contributed by atoms with Crippen LogP contribution >= 0.6 is 11.6 Å². The fourth-order valence-corrected chi connectivity index (χ4v) is 2.06. The minimum Gasteiger partial charge on any atom is -0.409 e. The van der Waals surface area contributed by atoms with E-state index < -0.39 is 5.82 Å². The first-order chi connectivity index (χ1) is 10.1. The molecule has 0 unspecified atom stereocenters. The van der Waals surface area contributed by atoms with Gasteiger partial charge in [-0.05, 0) is 23.8 Å². The van der Waals surface area contributed by atoms with Crippen molar-refractivity contribution in [2.75, 3.05) is 0 Å². The Morgan fingerprint density at radius 3 is 2.71 bits per heavy atom. The lowest BCUT2D eigenvalue weighted by Crippen LogP contribution is -2.16. The molecule has 0 saturated carbocycles. The Balaban J connectivity index is 2.04. The van der Waals surface area contributed by atoms with E-state index in [-0.39, 0.29) is 18.0 Å². The van der Waals surface area contributed by atoms with E-state index in [1.165, 1.54) is 6.07 Å². The Morgan fingerprint density at radius 2 is 2.00 bits per heavy atom. The van der Waals surface area contributed by atoms with Gasteiger partial charge < -0.3 is 15.7 Å². The number of benzene rings is 2. The minimum absolute atomic E-state index is 0.0429. The van der Waals surface area contributed by atoms with Gasteiger partial charge in [-0.3, -0.25) is 0 Å². The second-order valence-electron chi connectivity index (χ2n) is 4.39. The zero-order chi connectivity index (χ0) is 15.2. The number of ether oxygens (including phenoxy) is 1. The summed E-state index contributed by atoms with van der Waals surface area (Å²) in [5.41, 5.74) is 6.68. The molecule has 0 aliphatic rings. The average molecular weight is 309 g/mol. The van der Waals surface area contributed by atoms with Gasteiger partial charge in [0, 0.05) is 10.6 Å². The summed E-state index contributed by atoms with van der Waals surface area (Å²) < 4.78 is 19.6. The summed E-state index contributed by atoms with van der Waals surface area (Å²) in [6.07, 6.45) is 0. The van der Waals surface area contributed by atoms with Crippen LogP contribution < -0.4 is 5.73 Å². The van der Waals surface area contributed by atoms with Crippen LogP contribution in [0.4, 0.5) is 4.39 Å². The first-order valence-electron chi connectivity index (χ1n) is 6.19. The summed E-state index contributed by atoms with van der Waals surface area (Å²) in [6, 6.07) is 11.9. The van der Waals surface area contributed by atoms with Crippen LogP contribution in [0.25, 0.3) is 0 Å². The summed E-state index contributed by atoms with van der Waals surface area (Å²) in [7, 11) is 0. The maximum atomic E-state index is 14.1. The van der Waals surface area contributed by atoms with E-state index in [0.717, 1.165) is 5.56 Å². The lowest BCUT2D eigenvalue weighted by Gasteiger charge is -2.08. The van der Waals surface area contributed by atoms with Crippen LogP contribution in [0.3, 0.4) is 0 Å². The molecule has 2 aromatic rings. The average Bonchev–Trinajstić information content (AvgIpc) is 2.48. The van der Waals surface area contributed by atoms with Crippen molar-refractivity contribution in [1.82, 2.24) is 0 Å². The molecule has 0 fully saturated rings. The van der Waals surface area contributed by atoms with E-state index in [2.05, 4.69) is 5.16 Å². The Bertz CT molecular complexity index is 662. The third-order valence-electron chi connectivity index (χ3n) is 2.88. The molecular weight excluding hydrogens is 295 g/mol. The van der Waals surface area contributed by atoms with Crippen LogP contribution in [0.2, 0.25) is 5.02 Å². The molecule has 0 aliphatic carbocycles.